The first-order valence-electron chi connectivity index (χ1n) is 11.5. The molecule has 1 fully saturated rings. The number of piperidine rings is 1. The van der Waals surface area contributed by atoms with Crippen LogP contribution in [0.4, 0.5) is 0 Å². The fourth-order valence-electron chi connectivity index (χ4n) is 4.02. The van der Waals surface area contributed by atoms with Gasteiger partial charge in [0.25, 0.3) is 0 Å². The zero-order chi connectivity index (χ0) is 20.2. The smallest absolute Gasteiger partial charge is 0.120 e. The lowest BCUT2D eigenvalue weighted by Crippen LogP contribution is -2.34. The van der Waals surface area contributed by atoms with Gasteiger partial charge in [-0.3, -0.25) is 0 Å². The number of halogens is 1. The zero-order valence-corrected chi connectivity index (χ0v) is 19.2. The van der Waals surface area contributed by atoms with Crippen LogP contribution in [0.15, 0.2) is 54.6 Å². The van der Waals surface area contributed by atoms with Crippen molar-refractivity contribution in [2.45, 2.75) is 58.5 Å². The molecule has 0 bridgehead atoms. The largest absolute Gasteiger partial charge is 0.494 e. The topological polar surface area (TPSA) is 21.7 Å². The summed E-state index contributed by atoms with van der Waals surface area (Å²) in [4.78, 5) is 2.66. The van der Waals surface area contributed by atoms with E-state index < -0.39 is 0 Å². The van der Waals surface area contributed by atoms with Crippen molar-refractivity contribution >= 4 is 12.4 Å². The molecule has 2 aromatic rings. The highest BCUT2D eigenvalue weighted by Gasteiger charge is 2.18. The van der Waals surface area contributed by atoms with E-state index >= 15 is 0 Å². The second kappa shape index (κ2) is 14.3. The van der Waals surface area contributed by atoms with Gasteiger partial charge in [-0.1, -0.05) is 50.1 Å². The number of likely N-dealkylation sites (tertiary alicyclic amines) is 1. The third-order valence-electron chi connectivity index (χ3n) is 5.88. The summed E-state index contributed by atoms with van der Waals surface area (Å²) >= 11 is 0. The standard InChI is InChI=1S/C26H37NO2.ClH/c1-2-3-7-18-27-19-16-23(17-20-27)11-8-21-28-25-12-14-26(15-13-25)29-22-24-9-5-4-6-10-24;/h4-6,9-10,12-15,23H,2-3,7-8,11,16-22H2,1H3;1H. The van der Waals surface area contributed by atoms with Gasteiger partial charge in [0.15, 0.2) is 0 Å². The summed E-state index contributed by atoms with van der Waals surface area (Å²) in [5, 5.41) is 0. The molecule has 1 saturated heterocycles. The zero-order valence-electron chi connectivity index (χ0n) is 18.4. The van der Waals surface area contributed by atoms with E-state index in [1.54, 1.807) is 0 Å². The highest BCUT2D eigenvalue weighted by atomic mass is 35.5. The molecule has 0 unspecified atom stereocenters. The highest BCUT2D eigenvalue weighted by molar-refractivity contribution is 5.85. The summed E-state index contributed by atoms with van der Waals surface area (Å²) in [7, 11) is 0. The van der Waals surface area contributed by atoms with Crippen molar-refractivity contribution in [1.82, 2.24) is 4.90 Å². The fraction of sp³-hybridized carbons (Fsp3) is 0.538. The van der Waals surface area contributed by atoms with Gasteiger partial charge in [-0.05, 0) is 87.5 Å². The number of unbranched alkanes of at least 4 members (excludes halogenated alkanes) is 2. The molecule has 3 nitrogen and oxygen atoms in total. The highest BCUT2D eigenvalue weighted by Crippen LogP contribution is 2.23. The number of hydrogen-bond acceptors (Lipinski definition) is 3. The number of ether oxygens (including phenoxy) is 2. The van der Waals surface area contributed by atoms with Crippen LogP contribution in [-0.4, -0.2) is 31.1 Å². The average molecular weight is 432 g/mol. The van der Waals surface area contributed by atoms with Gasteiger partial charge in [-0.2, -0.15) is 0 Å². The Balaban J connectivity index is 0.00000320. The molecular weight excluding hydrogens is 394 g/mol. The Kier molecular flexibility index (Phi) is 11.7. The predicted molar refractivity (Wildman–Crippen MR) is 128 cm³/mol. The predicted octanol–water partition coefficient (Wildman–Crippen LogP) is 6.75. The third-order valence-corrected chi connectivity index (χ3v) is 5.88. The second-order valence-corrected chi connectivity index (χ2v) is 8.23. The van der Waals surface area contributed by atoms with Crippen LogP contribution >= 0.6 is 12.4 Å². The first kappa shape index (κ1) is 24.6. The number of nitrogens with zero attached hydrogens (tertiary/aromatic N) is 1. The van der Waals surface area contributed by atoms with Gasteiger partial charge >= 0.3 is 0 Å². The molecule has 0 radical (unpaired) electrons. The second-order valence-electron chi connectivity index (χ2n) is 8.23. The molecule has 166 valence electrons. The van der Waals surface area contributed by atoms with Gasteiger partial charge < -0.3 is 14.4 Å². The van der Waals surface area contributed by atoms with Crippen molar-refractivity contribution in [3.8, 4) is 11.5 Å². The first-order valence-corrected chi connectivity index (χ1v) is 11.5. The van der Waals surface area contributed by atoms with Crippen molar-refractivity contribution in [2.24, 2.45) is 5.92 Å². The Labute approximate surface area is 189 Å². The lowest BCUT2D eigenvalue weighted by atomic mass is 9.92. The van der Waals surface area contributed by atoms with Gasteiger partial charge in [0.2, 0.25) is 0 Å². The first-order chi connectivity index (χ1) is 14.3. The molecule has 0 spiro atoms. The van der Waals surface area contributed by atoms with Crippen molar-refractivity contribution < 1.29 is 9.47 Å². The van der Waals surface area contributed by atoms with Crippen LogP contribution in [0.25, 0.3) is 0 Å². The van der Waals surface area contributed by atoms with E-state index in [1.165, 1.54) is 63.7 Å². The van der Waals surface area contributed by atoms with Crippen LogP contribution in [0.2, 0.25) is 0 Å². The molecule has 1 heterocycles. The molecule has 0 N–H and O–H groups in total. The quantitative estimate of drug-likeness (QED) is 0.347. The Morgan fingerprint density at radius 3 is 2.17 bits per heavy atom. The lowest BCUT2D eigenvalue weighted by Gasteiger charge is -2.32. The molecule has 1 aliphatic heterocycles. The Morgan fingerprint density at radius 2 is 1.50 bits per heavy atom. The van der Waals surface area contributed by atoms with Gasteiger partial charge in [-0.25, -0.2) is 0 Å². The summed E-state index contributed by atoms with van der Waals surface area (Å²) in [6, 6.07) is 18.2. The van der Waals surface area contributed by atoms with Gasteiger partial charge in [0.05, 0.1) is 6.61 Å². The van der Waals surface area contributed by atoms with E-state index in [4.69, 9.17) is 9.47 Å². The molecule has 1 aliphatic rings. The fourth-order valence-corrected chi connectivity index (χ4v) is 4.02. The van der Waals surface area contributed by atoms with E-state index in [9.17, 15) is 0 Å². The normalized spacial score (nSPS) is 14.8. The van der Waals surface area contributed by atoms with Crippen molar-refractivity contribution in [2.75, 3.05) is 26.2 Å². The Bertz CT molecular complexity index is 669. The summed E-state index contributed by atoms with van der Waals surface area (Å²) in [5.41, 5.74) is 1.18. The number of benzene rings is 2. The Hall–Kier alpha value is -1.71. The Morgan fingerprint density at radius 1 is 0.833 bits per heavy atom. The van der Waals surface area contributed by atoms with Crippen molar-refractivity contribution in [1.29, 1.82) is 0 Å². The molecule has 30 heavy (non-hydrogen) atoms. The summed E-state index contributed by atoms with van der Waals surface area (Å²) in [6.45, 7) is 7.57. The van der Waals surface area contributed by atoms with Gasteiger partial charge in [-0.15, -0.1) is 12.4 Å². The van der Waals surface area contributed by atoms with Crippen LogP contribution < -0.4 is 9.47 Å². The minimum Gasteiger partial charge on any atom is -0.494 e. The van der Waals surface area contributed by atoms with Gasteiger partial charge in [0, 0.05) is 0 Å². The molecule has 2 aromatic carbocycles. The van der Waals surface area contributed by atoms with Crippen LogP contribution in [0.5, 0.6) is 11.5 Å². The van der Waals surface area contributed by atoms with E-state index in [-0.39, 0.29) is 12.4 Å². The molecular formula is C26H38ClNO2. The summed E-state index contributed by atoms with van der Waals surface area (Å²) < 4.78 is 11.8. The molecule has 3 rings (SSSR count). The molecule has 4 heteroatoms. The minimum atomic E-state index is 0. The molecule has 0 aliphatic carbocycles. The average Bonchev–Trinajstić information content (AvgIpc) is 2.78. The number of hydrogen-bond donors (Lipinski definition) is 0. The molecule has 0 atom stereocenters. The maximum atomic E-state index is 5.94. The molecule has 0 aromatic heterocycles. The maximum absolute atomic E-state index is 5.94. The summed E-state index contributed by atoms with van der Waals surface area (Å²) in [5.74, 6) is 2.70. The lowest BCUT2D eigenvalue weighted by molar-refractivity contribution is 0.170. The van der Waals surface area contributed by atoms with E-state index in [2.05, 4.69) is 24.0 Å². The van der Waals surface area contributed by atoms with Crippen molar-refractivity contribution in [3.63, 3.8) is 0 Å². The minimum absolute atomic E-state index is 0. The maximum Gasteiger partial charge on any atom is 0.120 e. The number of rotatable bonds is 12. The van der Waals surface area contributed by atoms with Crippen LogP contribution in [0, 0.1) is 5.92 Å². The van der Waals surface area contributed by atoms with Gasteiger partial charge in [0.1, 0.15) is 18.1 Å². The van der Waals surface area contributed by atoms with E-state index in [0.29, 0.717) is 6.61 Å². The van der Waals surface area contributed by atoms with Crippen LogP contribution in [0.1, 0.15) is 57.4 Å². The third kappa shape index (κ3) is 8.97. The monoisotopic (exact) mass is 431 g/mol. The van der Waals surface area contributed by atoms with Crippen molar-refractivity contribution in [3.05, 3.63) is 60.2 Å². The SMILES string of the molecule is CCCCCN1CCC(CCCOc2ccc(OCc3ccccc3)cc2)CC1.Cl. The molecule has 0 saturated carbocycles. The molecule has 0 amide bonds. The van der Waals surface area contributed by atoms with Crippen LogP contribution in [-0.2, 0) is 6.61 Å². The van der Waals surface area contributed by atoms with E-state index in [0.717, 1.165) is 30.4 Å². The summed E-state index contributed by atoms with van der Waals surface area (Å²) in [6.07, 6.45) is 9.22. The van der Waals surface area contributed by atoms with E-state index in [1.807, 2.05) is 42.5 Å². The van der Waals surface area contributed by atoms with Crippen LogP contribution in [0.3, 0.4) is 0 Å².